The summed E-state index contributed by atoms with van der Waals surface area (Å²) in [5.74, 6) is 0.904. The second-order valence-electron chi connectivity index (χ2n) is 5.52. The van der Waals surface area contributed by atoms with Gasteiger partial charge in [-0.15, -0.1) is 0 Å². The van der Waals surface area contributed by atoms with Crippen LogP contribution in [0.25, 0.3) is 11.0 Å². The molecule has 2 heterocycles. The number of carbonyl (C=O) groups is 1. The minimum Gasteiger partial charge on any atom is -0.381 e. The molecule has 1 fully saturated rings. The lowest BCUT2D eigenvalue weighted by Gasteiger charge is -2.26. The smallest absolute Gasteiger partial charge is 0.241 e. The first-order chi connectivity index (χ1) is 10.1. The van der Waals surface area contributed by atoms with Crippen molar-refractivity contribution in [2.24, 2.45) is 11.7 Å². The van der Waals surface area contributed by atoms with Crippen molar-refractivity contribution in [2.45, 2.75) is 25.8 Å². The summed E-state index contributed by atoms with van der Waals surface area (Å²) >= 11 is 0. The van der Waals surface area contributed by atoms with E-state index in [1.54, 1.807) is 0 Å². The molecule has 1 aliphatic rings. The van der Waals surface area contributed by atoms with E-state index in [2.05, 4.69) is 15.3 Å². The quantitative estimate of drug-likeness (QED) is 0.799. The summed E-state index contributed by atoms with van der Waals surface area (Å²) in [4.78, 5) is 19.7. The van der Waals surface area contributed by atoms with E-state index >= 15 is 0 Å². The molecule has 0 bridgehead atoms. The van der Waals surface area contributed by atoms with Gasteiger partial charge in [0.1, 0.15) is 5.82 Å². The van der Waals surface area contributed by atoms with E-state index < -0.39 is 6.04 Å². The molecule has 6 nitrogen and oxygen atoms in total. The molecule has 1 saturated heterocycles. The molecule has 112 valence electrons. The molecule has 0 spiro atoms. The van der Waals surface area contributed by atoms with Crippen LogP contribution in [0.5, 0.6) is 0 Å². The molecule has 1 aromatic carbocycles. The van der Waals surface area contributed by atoms with Crippen LogP contribution in [0.1, 0.15) is 18.7 Å². The van der Waals surface area contributed by atoms with Crippen LogP contribution in [0, 0.1) is 12.8 Å². The summed E-state index contributed by atoms with van der Waals surface area (Å²) in [5, 5.41) is 2.89. The summed E-state index contributed by atoms with van der Waals surface area (Å²) in [6.45, 7) is 3.27. The van der Waals surface area contributed by atoms with E-state index in [0.717, 1.165) is 35.4 Å². The SMILES string of the molecule is Cc1nc2ccc(NC(=O)C(N)C3CCOCC3)cc2[nH]1. The van der Waals surface area contributed by atoms with Crippen LogP contribution >= 0.6 is 0 Å². The van der Waals surface area contributed by atoms with Gasteiger partial charge >= 0.3 is 0 Å². The van der Waals surface area contributed by atoms with Crippen molar-refractivity contribution in [1.29, 1.82) is 0 Å². The van der Waals surface area contributed by atoms with Gasteiger partial charge in [-0.2, -0.15) is 0 Å². The van der Waals surface area contributed by atoms with E-state index in [-0.39, 0.29) is 11.8 Å². The van der Waals surface area contributed by atoms with Crippen molar-refractivity contribution in [2.75, 3.05) is 18.5 Å². The summed E-state index contributed by atoms with van der Waals surface area (Å²) in [7, 11) is 0. The van der Waals surface area contributed by atoms with E-state index in [1.165, 1.54) is 0 Å². The van der Waals surface area contributed by atoms with Gasteiger partial charge in [0, 0.05) is 18.9 Å². The average molecular weight is 288 g/mol. The van der Waals surface area contributed by atoms with Crippen LogP contribution in [-0.2, 0) is 9.53 Å². The molecule has 1 atom stereocenters. The Kier molecular flexibility index (Phi) is 3.90. The standard InChI is InChI=1S/C15H20N4O2/c1-9-17-12-3-2-11(8-13(12)18-9)19-15(20)14(16)10-4-6-21-7-5-10/h2-3,8,10,14H,4-7,16H2,1H3,(H,17,18)(H,19,20). The van der Waals surface area contributed by atoms with Gasteiger partial charge in [-0.05, 0) is 43.9 Å². The Morgan fingerprint density at radius 3 is 3.00 bits per heavy atom. The van der Waals surface area contributed by atoms with Crippen LogP contribution in [0.4, 0.5) is 5.69 Å². The number of carbonyl (C=O) groups excluding carboxylic acids is 1. The molecule has 1 aliphatic heterocycles. The monoisotopic (exact) mass is 288 g/mol. The highest BCUT2D eigenvalue weighted by Gasteiger charge is 2.26. The molecule has 3 rings (SSSR count). The zero-order valence-electron chi connectivity index (χ0n) is 12.1. The third-order valence-electron chi connectivity index (χ3n) is 3.94. The normalized spacial score (nSPS) is 17.8. The number of aryl methyl sites for hydroxylation is 1. The first-order valence-electron chi connectivity index (χ1n) is 7.24. The Hall–Kier alpha value is -1.92. The molecular formula is C15H20N4O2. The van der Waals surface area contributed by atoms with Gasteiger partial charge in [0.2, 0.25) is 5.91 Å². The predicted octanol–water partition coefficient (Wildman–Crippen LogP) is 1.56. The largest absolute Gasteiger partial charge is 0.381 e. The fourth-order valence-corrected chi connectivity index (χ4v) is 2.73. The molecular weight excluding hydrogens is 268 g/mol. The lowest BCUT2D eigenvalue weighted by Crippen LogP contribution is -2.43. The second-order valence-corrected chi connectivity index (χ2v) is 5.52. The number of ether oxygens (including phenoxy) is 1. The highest BCUT2D eigenvalue weighted by Crippen LogP contribution is 2.20. The number of H-pyrrole nitrogens is 1. The van der Waals surface area contributed by atoms with E-state index in [0.29, 0.717) is 13.2 Å². The molecule has 1 aromatic heterocycles. The minimum atomic E-state index is -0.493. The first kappa shape index (κ1) is 14.0. The molecule has 4 N–H and O–H groups in total. The van der Waals surface area contributed by atoms with Crippen molar-refractivity contribution in [3.63, 3.8) is 0 Å². The lowest BCUT2D eigenvalue weighted by atomic mass is 9.92. The van der Waals surface area contributed by atoms with Gasteiger partial charge in [0.15, 0.2) is 0 Å². The fraction of sp³-hybridized carbons (Fsp3) is 0.467. The van der Waals surface area contributed by atoms with Gasteiger partial charge in [0.25, 0.3) is 0 Å². The second kappa shape index (κ2) is 5.83. The number of hydrogen-bond acceptors (Lipinski definition) is 4. The summed E-state index contributed by atoms with van der Waals surface area (Å²) in [5.41, 5.74) is 8.60. The van der Waals surface area contributed by atoms with E-state index in [9.17, 15) is 4.79 Å². The maximum atomic E-state index is 12.3. The Morgan fingerprint density at radius 1 is 1.48 bits per heavy atom. The van der Waals surface area contributed by atoms with Crippen LogP contribution < -0.4 is 11.1 Å². The van der Waals surface area contributed by atoms with Crippen LogP contribution in [0.2, 0.25) is 0 Å². The topological polar surface area (TPSA) is 93.0 Å². The van der Waals surface area contributed by atoms with Crippen molar-refractivity contribution in [1.82, 2.24) is 9.97 Å². The molecule has 0 aliphatic carbocycles. The summed E-state index contributed by atoms with van der Waals surface area (Å²) < 4.78 is 5.30. The maximum Gasteiger partial charge on any atom is 0.241 e. The lowest BCUT2D eigenvalue weighted by molar-refractivity contribution is -0.119. The van der Waals surface area contributed by atoms with Crippen molar-refractivity contribution >= 4 is 22.6 Å². The van der Waals surface area contributed by atoms with Crippen LogP contribution in [-0.4, -0.2) is 35.1 Å². The third-order valence-corrected chi connectivity index (χ3v) is 3.94. The zero-order chi connectivity index (χ0) is 14.8. The number of nitrogens with zero attached hydrogens (tertiary/aromatic N) is 1. The van der Waals surface area contributed by atoms with Gasteiger partial charge in [-0.3, -0.25) is 4.79 Å². The molecule has 0 radical (unpaired) electrons. The van der Waals surface area contributed by atoms with Crippen LogP contribution in [0.15, 0.2) is 18.2 Å². The van der Waals surface area contributed by atoms with Gasteiger partial charge < -0.3 is 20.8 Å². The van der Waals surface area contributed by atoms with Gasteiger partial charge in [-0.1, -0.05) is 0 Å². The van der Waals surface area contributed by atoms with Crippen molar-refractivity contribution < 1.29 is 9.53 Å². The highest BCUT2D eigenvalue weighted by molar-refractivity contribution is 5.96. The average Bonchev–Trinajstić information content (AvgIpc) is 2.86. The number of aromatic nitrogens is 2. The van der Waals surface area contributed by atoms with Crippen molar-refractivity contribution in [3.8, 4) is 0 Å². The molecule has 6 heteroatoms. The summed E-state index contributed by atoms with van der Waals surface area (Å²) in [6, 6.07) is 5.11. The van der Waals surface area contributed by atoms with Gasteiger partial charge in [0.05, 0.1) is 17.1 Å². The molecule has 21 heavy (non-hydrogen) atoms. The maximum absolute atomic E-state index is 12.3. The number of nitrogens with two attached hydrogens (primary N) is 1. The van der Waals surface area contributed by atoms with E-state index in [1.807, 2.05) is 25.1 Å². The van der Waals surface area contributed by atoms with Gasteiger partial charge in [-0.25, -0.2) is 4.98 Å². The Morgan fingerprint density at radius 2 is 2.24 bits per heavy atom. The number of anilines is 1. The number of rotatable bonds is 3. The Bertz CT molecular complexity index is 646. The van der Waals surface area contributed by atoms with E-state index in [4.69, 9.17) is 10.5 Å². The minimum absolute atomic E-state index is 0.141. The Labute approximate surface area is 123 Å². The number of nitrogens with one attached hydrogen (secondary N) is 2. The van der Waals surface area contributed by atoms with Crippen molar-refractivity contribution in [3.05, 3.63) is 24.0 Å². The first-order valence-corrected chi connectivity index (χ1v) is 7.24. The Balaban J connectivity index is 1.69. The third kappa shape index (κ3) is 3.06. The number of benzene rings is 1. The highest BCUT2D eigenvalue weighted by atomic mass is 16.5. The summed E-state index contributed by atoms with van der Waals surface area (Å²) in [6.07, 6.45) is 1.68. The predicted molar refractivity (Wildman–Crippen MR) is 81.0 cm³/mol. The number of hydrogen-bond donors (Lipinski definition) is 3. The zero-order valence-corrected chi connectivity index (χ0v) is 12.1. The van der Waals surface area contributed by atoms with Crippen LogP contribution in [0.3, 0.4) is 0 Å². The molecule has 2 aromatic rings. The number of imidazole rings is 1. The molecule has 1 amide bonds. The molecule has 0 saturated carbocycles. The number of aromatic amines is 1. The fourth-order valence-electron chi connectivity index (χ4n) is 2.73. The molecule has 1 unspecified atom stereocenters. The number of fused-ring (bicyclic) bond motifs is 1. The number of amides is 1.